The molecule has 2 aromatic carbocycles. The maximum Gasteiger partial charge on any atom is 0.255 e. The van der Waals surface area contributed by atoms with Gasteiger partial charge in [-0.05, 0) is 49.2 Å². The van der Waals surface area contributed by atoms with Gasteiger partial charge in [-0.15, -0.1) is 11.8 Å². The lowest BCUT2D eigenvalue weighted by molar-refractivity contribution is 0.0498. The molecule has 0 N–H and O–H groups in total. The van der Waals surface area contributed by atoms with Crippen LogP contribution in [-0.2, 0) is 0 Å². The van der Waals surface area contributed by atoms with Gasteiger partial charge in [0.25, 0.3) is 11.8 Å². The highest BCUT2D eigenvalue weighted by Crippen LogP contribution is 2.45. The molecule has 0 radical (unpaired) electrons. The van der Waals surface area contributed by atoms with Crippen LogP contribution in [0.4, 0.5) is 0 Å². The molecule has 2 fully saturated rings. The molecule has 2 aromatic rings. The van der Waals surface area contributed by atoms with Gasteiger partial charge in [0, 0.05) is 41.0 Å². The van der Waals surface area contributed by atoms with E-state index in [9.17, 15) is 9.59 Å². The van der Waals surface area contributed by atoms with E-state index in [1.54, 1.807) is 18.2 Å². The molecule has 2 aliphatic heterocycles. The minimum Gasteiger partial charge on any atom is -0.338 e. The number of hydrogen-bond donors (Lipinski definition) is 0. The van der Waals surface area contributed by atoms with Crippen molar-refractivity contribution < 1.29 is 9.59 Å². The van der Waals surface area contributed by atoms with Crippen LogP contribution in [0.2, 0.25) is 10.0 Å². The van der Waals surface area contributed by atoms with Crippen molar-refractivity contribution in [2.75, 3.05) is 25.4 Å². The van der Waals surface area contributed by atoms with Crippen LogP contribution in [0.5, 0.6) is 0 Å². The summed E-state index contributed by atoms with van der Waals surface area (Å²) < 4.78 is 0.890. The van der Waals surface area contributed by atoms with Gasteiger partial charge in [-0.3, -0.25) is 9.59 Å². The second-order valence-corrected chi connectivity index (χ2v) is 10.4. The van der Waals surface area contributed by atoms with E-state index in [4.69, 9.17) is 23.2 Å². The second-order valence-electron chi connectivity index (χ2n) is 7.18. The van der Waals surface area contributed by atoms with Crippen LogP contribution in [0.25, 0.3) is 0 Å². The lowest BCUT2D eigenvalue weighted by Gasteiger charge is -2.44. The third-order valence-corrected chi connectivity index (χ3v) is 8.28. The van der Waals surface area contributed by atoms with Crippen LogP contribution < -0.4 is 0 Å². The Labute approximate surface area is 192 Å². The van der Waals surface area contributed by atoms with Crippen molar-refractivity contribution in [1.82, 2.24) is 9.80 Å². The lowest BCUT2D eigenvalue weighted by atomic mass is 10.00. The summed E-state index contributed by atoms with van der Waals surface area (Å²) >= 11 is 17.3. The van der Waals surface area contributed by atoms with Crippen molar-refractivity contribution >= 4 is 62.7 Å². The highest BCUT2D eigenvalue weighted by atomic mass is 79.9. The zero-order valence-electron chi connectivity index (χ0n) is 15.5. The van der Waals surface area contributed by atoms with E-state index in [0.29, 0.717) is 40.8 Å². The van der Waals surface area contributed by atoms with Gasteiger partial charge in [0.1, 0.15) is 0 Å². The smallest absolute Gasteiger partial charge is 0.255 e. The number of nitrogens with zero attached hydrogens (tertiary/aromatic N) is 2. The Morgan fingerprint density at radius 1 is 0.931 bits per heavy atom. The summed E-state index contributed by atoms with van der Waals surface area (Å²) in [7, 11) is 0. The molecule has 8 heteroatoms. The first-order chi connectivity index (χ1) is 13.9. The highest BCUT2D eigenvalue weighted by Gasteiger charge is 2.47. The maximum atomic E-state index is 13.2. The van der Waals surface area contributed by atoms with Crippen LogP contribution in [-0.4, -0.2) is 51.9 Å². The molecule has 4 rings (SSSR count). The number of carbonyl (C=O) groups excluding carboxylic acids is 2. The molecular formula is C21H19BrCl2N2O2S. The van der Waals surface area contributed by atoms with E-state index in [0.717, 1.165) is 23.1 Å². The van der Waals surface area contributed by atoms with Gasteiger partial charge in [0.2, 0.25) is 0 Å². The van der Waals surface area contributed by atoms with Gasteiger partial charge in [-0.2, -0.15) is 0 Å². The standard InChI is InChI=1S/C21H19BrCl2N2O2S/c22-16-3-1-2-14(12-16)19(27)25-8-6-21(7-9-25)26(10-11-29-21)20(28)15-4-5-17(23)18(24)13-15/h1-5,12-13H,6-11H2. The third kappa shape index (κ3) is 4.18. The number of thioether (sulfide) groups is 1. The summed E-state index contributed by atoms with van der Waals surface area (Å²) in [6.07, 6.45) is 1.51. The summed E-state index contributed by atoms with van der Waals surface area (Å²) in [5.74, 6) is 0.902. The molecule has 0 bridgehead atoms. The van der Waals surface area contributed by atoms with E-state index in [2.05, 4.69) is 15.9 Å². The van der Waals surface area contributed by atoms with Crippen molar-refractivity contribution in [3.8, 4) is 0 Å². The van der Waals surface area contributed by atoms with E-state index < -0.39 is 0 Å². The van der Waals surface area contributed by atoms with Gasteiger partial charge in [-0.1, -0.05) is 45.2 Å². The number of carbonyl (C=O) groups is 2. The fraction of sp³-hybridized carbons (Fsp3) is 0.333. The summed E-state index contributed by atoms with van der Waals surface area (Å²) in [6.45, 7) is 1.95. The van der Waals surface area contributed by atoms with Gasteiger partial charge in [0.15, 0.2) is 0 Å². The number of rotatable bonds is 2. The molecule has 0 atom stereocenters. The second kappa shape index (κ2) is 8.50. The van der Waals surface area contributed by atoms with E-state index >= 15 is 0 Å². The molecule has 0 aliphatic carbocycles. The van der Waals surface area contributed by atoms with Crippen molar-refractivity contribution in [2.24, 2.45) is 0 Å². The number of piperidine rings is 1. The number of benzene rings is 2. The van der Waals surface area contributed by atoms with Crippen molar-refractivity contribution in [2.45, 2.75) is 17.7 Å². The van der Waals surface area contributed by atoms with Crippen LogP contribution >= 0.6 is 50.9 Å². The van der Waals surface area contributed by atoms with Crippen LogP contribution in [0, 0.1) is 0 Å². The maximum absolute atomic E-state index is 13.2. The minimum atomic E-state index is -0.267. The Morgan fingerprint density at radius 3 is 2.34 bits per heavy atom. The highest BCUT2D eigenvalue weighted by molar-refractivity contribution is 9.10. The topological polar surface area (TPSA) is 40.6 Å². The van der Waals surface area contributed by atoms with E-state index in [1.165, 1.54) is 0 Å². The van der Waals surface area contributed by atoms with Gasteiger partial charge in [0.05, 0.1) is 14.9 Å². The molecule has 152 valence electrons. The van der Waals surface area contributed by atoms with Gasteiger partial charge < -0.3 is 9.80 Å². The monoisotopic (exact) mass is 512 g/mol. The molecule has 2 heterocycles. The van der Waals surface area contributed by atoms with Crippen LogP contribution in [0.3, 0.4) is 0 Å². The van der Waals surface area contributed by atoms with Crippen molar-refractivity contribution in [3.05, 3.63) is 68.1 Å². The summed E-state index contributed by atoms with van der Waals surface area (Å²) in [6, 6.07) is 12.5. The minimum absolute atomic E-state index is 0.0275. The fourth-order valence-electron chi connectivity index (χ4n) is 3.96. The molecule has 0 unspecified atom stereocenters. The SMILES string of the molecule is O=C(c1cccc(Br)c1)N1CCC2(CC1)SCCN2C(=O)c1ccc(Cl)c(Cl)c1. The van der Waals surface area contributed by atoms with E-state index in [1.807, 2.05) is 45.8 Å². The molecule has 0 saturated carbocycles. The Morgan fingerprint density at radius 2 is 1.66 bits per heavy atom. The zero-order chi connectivity index (χ0) is 20.6. The zero-order valence-corrected chi connectivity index (χ0v) is 19.5. The number of likely N-dealkylation sites (tertiary alicyclic amines) is 1. The summed E-state index contributed by atoms with van der Waals surface area (Å²) in [4.78, 5) is 29.6. The number of hydrogen-bond acceptors (Lipinski definition) is 3. The molecule has 29 heavy (non-hydrogen) atoms. The quantitative estimate of drug-likeness (QED) is 0.526. The molecular weight excluding hydrogens is 495 g/mol. The molecule has 0 aromatic heterocycles. The number of amides is 2. The first-order valence-corrected chi connectivity index (χ1v) is 11.9. The molecule has 2 amide bonds. The Hall–Kier alpha value is -1.21. The normalized spacial score (nSPS) is 18.3. The van der Waals surface area contributed by atoms with Crippen LogP contribution in [0.15, 0.2) is 46.9 Å². The lowest BCUT2D eigenvalue weighted by Crippen LogP contribution is -2.53. The van der Waals surface area contributed by atoms with Crippen molar-refractivity contribution in [3.63, 3.8) is 0 Å². The number of halogens is 3. The van der Waals surface area contributed by atoms with E-state index in [-0.39, 0.29) is 16.7 Å². The summed E-state index contributed by atoms with van der Waals surface area (Å²) in [5.41, 5.74) is 1.23. The van der Waals surface area contributed by atoms with Crippen molar-refractivity contribution in [1.29, 1.82) is 0 Å². The summed E-state index contributed by atoms with van der Waals surface area (Å²) in [5, 5.41) is 0.820. The molecule has 2 aliphatic rings. The fourth-order valence-corrected chi connectivity index (χ4v) is 6.11. The predicted octanol–water partition coefficient (Wildman–Crippen LogP) is 5.58. The molecule has 4 nitrogen and oxygen atoms in total. The first kappa shape index (κ1) is 21.0. The Balaban J connectivity index is 1.48. The van der Waals surface area contributed by atoms with Gasteiger partial charge >= 0.3 is 0 Å². The Bertz CT molecular complexity index is 963. The average molecular weight is 514 g/mol. The van der Waals surface area contributed by atoms with Crippen LogP contribution in [0.1, 0.15) is 33.6 Å². The molecule has 2 saturated heterocycles. The largest absolute Gasteiger partial charge is 0.338 e. The van der Waals surface area contributed by atoms with Gasteiger partial charge in [-0.25, -0.2) is 0 Å². The Kier molecular flexibility index (Phi) is 6.17. The molecule has 1 spiro atoms. The first-order valence-electron chi connectivity index (χ1n) is 9.35. The predicted molar refractivity (Wildman–Crippen MR) is 122 cm³/mol. The average Bonchev–Trinajstić information content (AvgIpc) is 3.12. The third-order valence-electron chi connectivity index (χ3n) is 5.49.